The first-order valence-electron chi connectivity index (χ1n) is 20.2. The molecule has 3 heterocycles. The van der Waals surface area contributed by atoms with Crippen LogP contribution in [0.4, 0.5) is 0 Å². The highest BCUT2D eigenvalue weighted by atomic mass is 15.0. The Hall–Kier alpha value is -7.88. The molecular weight excluding hydrogens is 715 g/mol. The molecule has 59 heavy (non-hydrogen) atoms. The number of para-hydroxylation sites is 2. The molecule has 0 spiro atoms. The molecule has 0 saturated heterocycles. The van der Waals surface area contributed by atoms with Crippen molar-refractivity contribution in [3.8, 4) is 33.4 Å². The number of imidazole rings is 1. The van der Waals surface area contributed by atoms with E-state index in [0.29, 0.717) is 0 Å². The molecule has 0 amide bonds. The van der Waals surface area contributed by atoms with Crippen molar-refractivity contribution in [1.29, 1.82) is 0 Å². The van der Waals surface area contributed by atoms with E-state index in [1.165, 1.54) is 76.3 Å². The maximum atomic E-state index is 5.26. The Bertz CT molecular complexity index is 3910. The van der Waals surface area contributed by atoms with Crippen LogP contribution in [-0.4, -0.2) is 14.4 Å². The Morgan fingerprint density at radius 3 is 1.63 bits per heavy atom. The normalized spacial score (nSPS) is 12.1. The highest BCUT2D eigenvalue weighted by molar-refractivity contribution is 6.24. The minimum absolute atomic E-state index is 0.929. The molecule has 272 valence electrons. The van der Waals surface area contributed by atoms with Crippen LogP contribution in [0, 0.1) is 0 Å². The lowest BCUT2D eigenvalue weighted by molar-refractivity contribution is 1.31. The molecule has 3 aromatic heterocycles. The minimum Gasteiger partial charge on any atom is -0.292 e. The van der Waals surface area contributed by atoms with Gasteiger partial charge in [-0.15, -0.1) is 0 Å². The van der Waals surface area contributed by atoms with Crippen LogP contribution in [0.1, 0.15) is 0 Å². The van der Waals surface area contributed by atoms with Gasteiger partial charge in [0.15, 0.2) is 0 Å². The van der Waals surface area contributed by atoms with E-state index in [1.807, 2.05) is 12.3 Å². The molecule has 13 aromatic rings. The third-order valence-corrected chi connectivity index (χ3v) is 12.5. The summed E-state index contributed by atoms with van der Waals surface area (Å²) >= 11 is 0. The second kappa shape index (κ2) is 12.3. The van der Waals surface area contributed by atoms with Crippen molar-refractivity contribution in [1.82, 2.24) is 14.4 Å². The molecule has 0 atom stereocenters. The predicted octanol–water partition coefficient (Wildman–Crippen LogP) is 15.0. The van der Waals surface area contributed by atoms with Gasteiger partial charge < -0.3 is 0 Å². The predicted molar refractivity (Wildman–Crippen MR) is 249 cm³/mol. The van der Waals surface area contributed by atoms with Gasteiger partial charge in [-0.2, -0.15) is 0 Å². The molecule has 0 N–H and O–H groups in total. The first kappa shape index (κ1) is 32.2. The molecule has 13 rings (SSSR count). The summed E-state index contributed by atoms with van der Waals surface area (Å²) in [6.07, 6.45) is 1.88. The zero-order chi connectivity index (χ0) is 38.6. The third-order valence-electron chi connectivity index (χ3n) is 12.5. The van der Waals surface area contributed by atoms with Gasteiger partial charge in [0.2, 0.25) is 0 Å². The van der Waals surface area contributed by atoms with Crippen molar-refractivity contribution in [2.75, 3.05) is 0 Å². The first-order chi connectivity index (χ1) is 29.2. The molecule has 3 heteroatoms. The monoisotopic (exact) mass is 747 g/mol. The highest BCUT2D eigenvalue weighted by Gasteiger charge is 2.20. The Kier molecular flexibility index (Phi) is 6.72. The van der Waals surface area contributed by atoms with Gasteiger partial charge in [-0.05, 0) is 124 Å². The van der Waals surface area contributed by atoms with Gasteiger partial charge in [-0.3, -0.25) is 9.38 Å². The van der Waals surface area contributed by atoms with Crippen LogP contribution in [0.3, 0.4) is 0 Å². The summed E-state index contributed by atoms with van der Waals surface area (Å²) in [5, 5.41) is 14.4. The average molecular weight is 748 g/mol. The van der Waals surface area contributed by atoms with Crippen LogP contribution in [0.25, 0.3) is 126 Å². The third kappa shape index (κ3) is 4.76. The van der Waals surface area contributed by atoms with Crippen LogP contribution in [0.2, 0.25) is 0 Å². The summed E-state index contributed by atoms with van der Waals surface area (Å²) < 4.78 is 2.34. The largest absolute Gasteiger partial charge is 0.292 e. The molecule has 3 nitrogen and oxygen atoms in total. The number of hydrogen-bond acceptors (Lipinski definition) is 2. The van der Waals surface area contributed by atoms with Crippen LogP contribution in [-0.2, 0) is 0 Å². The van der Waals surface area contributed by atoms with E-state index in [0.717, 1.165) is 49.4 Å². The molecule has 0 aliphatic heterocycles. The van der Waals surface area contributed by atoms with Gasteiger partial charge in [0.05, 0.1) is 27.5 Å². The van der Waals surface area contributed by atoms with Gasteiger partial charge in [-0.25, -0.2) is 4.98 Å². The van der Waals surface area contributed by atoms with Gasteiger partial charge in [0, 0.05) is 17.0 Å². The van der Waals surface area contributed by atoms with Crippen molar-refractivity contribution in [3.05, 3.63) is 200 Å². The molecule has 0 aliphatic rings. The fourth-order valence-corrected chi connectivity index (χ4v) is 9.83. The lowest BCUT2D eigenvalue weighted by atomic mass is 9.84. The van der Waals surface area contributed by atoms with Gasteiger partial charge in [0.25, 0.3) is 0 Å². The lowest BCUT2D eigenvalue weighted by Crippen LogP contribution is -1.94. The first-order valence-corrected chi connectivity index (χ1v) is 20.2. The van der Waals surface area contributed by atoms with E-state index >= 15 is 0 Å². The summed E-state index contributed by atoms with van der Waals surface area (Å²) in [6, 6.07) is 71.2. The Balaban J connectivity index is 1.13. The van der Waals surface area contributed by atoms with Crippen LogP contribution in [0.15, 0.2) is 200 Å². The van der Waals surface area contributed by atoms with Crippen LogP contribution in [0.5, 0.6) is 0 Å². The highest BCUT2D eigenvalue weighted by Crippen LogP contribution is 2.46. The van der Waals surface area contributed by atoms with Crippen molar-refractivity contribution >= 4 is 92.3 Å². The Morgan fingerprint density at radius 1 is 0.339 bits per heavy atom. The zero-order valence-electron chi connectivity index (χ0n) is 31.9. The topological polar surface area (TPSA) is 30.2 Å². The molecule has 0 bridgehead atoms. The number of fused-ring (bicyclic) bond motifs is 14. The van der Waals surface area contributed by atoms with Gasteiger partial charge in [-0.1, -0.05) is 152 Å². The van der Waals surface area contributed by atoms with Gasteiger partial charge >= 0.3 is 0 Å². The number of rotatable bonds is 3. The van der Waals surface area contributed by atoms with Crippen molar-refractivity contribution in [2.45, 2.75) is 0 Å². The fourth-order valence-electron chi connectivity index (χ4n) is 9.83. The smallest absolute Gasteiger partial charge is 0.148 e. The van der Waals surface area contributed by atoms with E-state index in [4.69, 9.17) is 9.97 Å². The minimum atomic E-state index is 0.929. The Morgan fingerprint density at radius 2 is 0.881 bits per heavy atom. The average Bonchev–Trinajstić information content (AvgIpc) is 3.70. The van der Waals surface area contributed by atoms with E-state index < -0.39 is 0 Å². The standard InChI is InChI=1S/C56H33N3/c1-3-12-37-30-41(21-19-34(37)10-1)52-44-15-5-6-16-45(44)53(42-22-20-35-11-2-4-13-38(35)31-42)48-32-39(25-28-47(48)52)40-24-26-43-46-27-23-36-14-9-29-57-55(36)54(46)56-58-49-17-7-8-18-50(49)59(56)51(43)33-40/h1-33H. The number of benzene rings is 10. The second-order valence-corrected chi connectivity index (χ2v) is 15.7. The quantitative estimate of drug-likeness (QED) is 0.133. The Labute approximate surface area is 339 Å². The fraction of sp³-hybridized carbons (Fsp3) is 0. The zero-order valence-corrected chi connectivity index (χ0v) is 31.9. The van der Waals surface area contributed by atoms with Crippen molar-refractivity contribution < 1.29 is 0 Å². The number of hydrogen-bond donors (Lipinski definition) is 0. The molecule has 0 radical (unpaired) electrons. The summed E-state index contributed by atoms with van der Waals surface area (Å²) in [5.74, 6) is 0. The number of nitrogens with zero attached hydrogens (tertiary/aromatic N) is 3. The maximum absolute atomic E-state index is 5.26. The van der Waals surface area contributed by atoms with Crippen molar-refractivity contribution in [3.63, 3.8) is 0 Å². The lowest BCUT2D eigenvalue weighted by Gasteiger charge is -2.19. The van der Waals surface area contributed by atoms with E-state index in [-0.39, 0.29) is 0 Å². The summed E-state index contributed by atoms with van der Waals surface area (Å²) in [6.45, 7) is 0. The van der Waals surface area contributed by atoms with Gasteiger partial charge in [0.1, 0.15) is 5.65 Å². The summed E-state index contributed by atoms with van der Waals surface area (Å²) in [7, 11) is 0. The van der Waals surface area contributed by atoms with E-state index in [1.54, 1.807) is 0 Å². The second-order valence-electron chi connectivity index (χ2n) is 15.7. The van der Waals surface area contributed by atoms with Crippen LogP contribution < -0.4 is 0 Å². The molecule has 0 unspecified atom stereocenters. The summed E-state index contributed by atoms with van der Waals surface area (Å²) in [5.41, 5.74) is 12.3. The maximum Gasteiger partial charge on any atom is 0.148 e. The van der Waals surface area contributed by atoms with E-state index in [9.17, 15) is 0 Å². The SMILES string of the molecule is c1ccc2cc(-c3c4ccccc4c(-c4ccc5ccccc5c4)c4cc(-c5ccc6c7ccc8cccnc8c7c7nc8ccccc8n7c6c5)ccc34)ccc2c1. The van der Waals surface area contributed by atoms with Crippen LogP contribution >= 0.6 is 0 Å². The molecule has 0 aliphatic carbocycles. The molecule has 0 fully saturated rings. The molecule has 0 saturated carbocycles. The van der Waals surface area contributed by atoms with Crippen molar-refractivity contribution in [2.24, 2.45) is 0 Å². The number of pyridine rings is 2. The number of aromatic nitrogens is 3. The van der Waals surface area contributed by atoms with E-state index in [2.05, 4.69) is 192 Å². The summed E-state index contributed by atoms with van der Waals surface area (Å²) in [4.78, 5) is 10.2. The molecular formula is C56H33N3. The molecule has 10 aromatic carbocycles.